The van der Waals surface area contributed by atoms with Gasteiger partial charge in [0, 0.05) is 22.6 Å². The number of anilines is 1. The number of phenols is 1. The summed E-state index contributed by atoms with van der Waals surface area (Å²) < 4.78 is 0. The van der Waals surface area contributed by atoms with Gasteiger partial charge in [0.15, 0.2) is 0 Å². The van der Waals surface area contributed by atoms with Gasteiger partial charge in [-0.3, -0.25) is 0 Å². The van der Waals surface area contributed by atoms with Crippen LogP contribution < -0.4 is 5.73 Å². The van der Waals surface area contributed by atoms with Crippen LogP contribution in [0.2, 0.25) is 0 Å². The summed E-state index contributed by atoms with van der Waals surface area (Å²) in [5.41, 5.74) is 6.85. The van der Waals surface area contributed by atoms with E-state index in [0.29, 0.717) is 11.0 Å². The first kappa shape index (κ1) is 7.41. The largest absolute Gasteiger partial charge is 0.508 e. The van der Waals surface area contributed by atoms with Crippen molar-refractivity contribution in [2.75, 3.05) is 5.73 Å². The zero-order chi connectivity index (χ0) is 7.56. The van der Waals surface area contributed by atoms with Crippen LogP contribution in [0.4, 0.5) is 5.69 Å². The molecule has 54 valence electrons. The average Bonchev–Trinajstić information content (AvgIpc) is 1.88. The molecule has 3 N–H and O–H groups in total. The molecule has 0 spiro atoms. The third-order valence-corrected chi connectivity index (χ3v) is 1.86. The first-order valence-electron chi connectivity index (χ1n) is 2.87. The highest BCUT2D eigenvalue weighted by molar-refractivity contribution is 9.08. The fourth-order valence-corrected chi connectivity index (χ4v) is 1.17. The Morgan fingerprint density at radius 2 is 2.20 bits per heavy atom. The van der Waals surface area contributed by atoms with Crippen molar-refractivity contribution in [3.05, 3.63) is 23.8 Å². The lowest BCUT2D eigenvalue weighted by Gasteiger charge is -1.99. The molecular weight excluding hydrogens is 194 g/mol. The molecule has 0 heterocycles. The van der Waals surface area contributed by atoms with E-state index in [1.807, 2.05) is 0 Å². The minimum atomic E-state index is 0.247. The topological polar surface area (TPSA) is 46.2 Å². The number of benzene rings is 1. The number of hydrogen-bond donors (Lipinski definition) is 2. The van der Waals surface area contributed by atoms with E-state index in [9.17, 15) is 5.11 Å². The smallest absolute Gasteiger partial charge is 0.121 e. The van der Waals surface area contributed by atoms with Crippen molar-refractivity contribution >= 4 is 21.6 Å². The first-order valence-corrected chi connectivity index (χ1v) is 3.99. The highest BCUT2D eigenvalue weighted by Gasteiger charge is 1.97. The van der Waals surface area contributed by atoms with Crippen LogP contribution in [0.25, 0.3) is 0 Å². The highest BCUT2D eigenvalue weighted by Crippen LogP contribution is 2.21. The molecule has 10 heavy (non-hydrogen) atoms. The summed E-state index contributed by atoms with van der Waals surface area (Å²) in [6.45, 7) is 0. The second-order valence-electron chi connectivity index (χ2n) is 2.02. The summed E-state index contributed by atoms with van der Waals surface area (Å²) in [4.78, 5) is 0. The predicted molar refractivity (Wildman–Crippen MR) is 45.2 cm³/mol. The van der Waals surface area contributed by atoms with Gasteiger partial charge < -0.3 is 10.8 Å². The van der Waals surface area contributed by atoms with Gasteiger partial charge in [0.1, 0.15) is 5.75 Å². The molecule has 0 aliphatic heterocycles. The van der Waals surface area contributed by atoms with Gasteiger partial charge in [-0.2, -0.15) is 0 Å². The number of phenolic OH excluding ortho intramolecular Hbond substituents is 1. The molecule has 1 aromatic rings. The van der Waals surface area contributed by atoms with Crippen LogP contribution >= 0.6 is 15.9 Å². The lowest BCUT2D eigenvalue weighted by atomic mass is 10.2. The van der Waals surface area contributed by atoms with Crippen molar-refractivity contribution in [3.8, 4) is 5.75 Å². The number of nitrogen functional groups attached to an aromatic ring is 1. The molecule has 3 heteroatoms. The summed E-state index contributed by atoms with van der Waals surface area (Å²) in [5.74, 6) is 0.247. The molecule has 0 aliphatic carbocycles. The monoisotopic (exact) mass is 201 g/mol. The van der Waals surface area contributed by atoms with Crippen LogP contribution in [0, 0.1) is 0 Å². The molecule has 0 aliphatic rings. The Hall–Kier alpha value is -0.700. The number of rotatable bonds is 1. The van der Waals surface area contributed by atoms with Gasteiger partial charge in [0.2, 0.25) is 0 Å². The van der Waals surface area contributed by atoms with Gasteiger partial charge in [-0.15, -0.1) is 0 Å². The molecule has 0 fully saturated rings. The SMILES string of the molecule is Nc1ccc(CBr)c(O)c1. The van der Waals surface area contributed by atoms with Gasteiger partial charge in [0.05, 0.1) is 0 Å². The first-order chi connectivity index (χ1) is 4.74. The normalized spacial score (nSPS) is 9.70. The molecule has 0 saturated heterocycles. The Labute approximate surface area is 67.8 Å². The summed E-state index contributed by atoms with van der Waals surface area (Å²) in [5, 5.41) is 9.83. The van der Waals surface area contributed by atoms with Crippen LogP contribution in [0.1, 0.15) is 5.56 Å². The molecule has 1 rings (SSSR count). The van der Waals surface area contributed by atoms with Crippen LogP contribution in [0.15, 0.2) is 18.2 Å². The Balaban J connectivity index is 3.07. The van der Waals surface area contributed by atoms with Gasteiger partial charge in [-0.1, -0.05) is 22.0 Å². The third kappa shape index (κ3) is 1.42. The van der Waals surface area contributed by atoms with E-state index in [2.05, 4.69) is 15.9 Å². The maximum Gasteiger partial charge on any atom is 0.121 e. The number of nitrogens with two attached hydrogens (primary N) is 1. The van der Waals surface area contributed by atoms with Crippen molar-refractivity contribution < 1.29 is 5.11 Å². The zero-order valence-corrected chi connectivity index (χ0v) is 6.93. The fraction of sp³-hybridized carbons (Fsp3) is 0.143. The van der Waals surface area contributed by atoms with Crippen molar-refractivity contribution in [1.29, 1.82) is 0 Å². The Kier molecular flexibility index (Phi) is 2.17. The maximum atomic E-state index is 9.18. The summed E-state index contributed by atoms with van der Waals surface area (Å²) in [6, 6.07) is 5.09. The zero-order valence-electron chi connectivity index (χ0n) is 5.34. The lowest BCUT2D eigenvalue weighted by Crippen LogP contribution is -1.85. The average molecular weight is 202 g/mol. The second-order valence-corrected chi connectivity index (χ2v) is 2.58. The number of aromatic hydroxyl groups is 1. The van der Waals surface area contributed by atoms with Gasteiger partial charge in [-0.25, -0.2) is 0 Å². The molecule has 0 bridgehead atoms. The minimum Gasteiger partial charge on any atom is -0.508 e. The molecule has 0 unspecified atom stereocenters. The van der Waals surface area contributed by atoms with E-state index in [0.717, 1.165) is 5.56 Å². The molecule has 0 radical (unpaired) electrons. The maximum absolute atomic E-state index is 9.18. The van der Waals surface area contributed by atoms with E-state index in [-0.39, 0.29) is 5.75 Å². The molecule has 1 aromatic carbocycles. The van der Waals surface area contributed by atoms with E-state index in [4.69, 9.17) is 5.73 Å². The third-order valence-electron chi connectivity index (χ3n) is 1.25. The fourth-order valence-electron chi connectivity index (χ4n) is 0.694. The minimum absolute atomic E-state index is 0.247. The number of alkyl halides is 1. The molecule has 0 aromatic heterocycles. The molecular formula is C7H8BrNO. The van der Waals surface area contributed by atoms with Crippen LogP contribution in [-0.2, 0) is 5.33 Å². The molecule has 0 saturated carbocycles. The van der Waals surface area contributed by atoms with Gasteiger partial charge >= 0.3 is 0 Å². The van der Waals surface area contributed by atoms with E-state index in [1.165, 1.54) is 6.07 Å². The van der Waals surface area contributed by atoms with Crippen LogP contribution in [0.3, 0.4) is 0 Å². The summed E-state index contributed by atoms with van der Waals surface area (Å²) in [7, 11) is 0. The lowest BCUT2D eigenvalue weighted by molar-refractivity contribution is 0.471. The Morgan fingerprint density at radius 1 is 1.50 bits per heavy atom. The van der Waals surface area contributed by atoms with E-state index in [1.54, 1.807) is 12.1 Å². The van der Waals surface area contributed by atoms with Crippen molar-refractivity contribution in [3.63, 3.8) is 0 Å². The van der Waals surface area contributed by atoms with E-state index >= 15 is 0 Å². The van der Waals surface area contributed by atoms with E-state index < -0.39 is 0 Å². The Bertz CT molecular complexity index is 237. The van der Waals surface area contributed by atoms with Gasteiger partial charge in [0.25, 0.3) is 0 Å². The quantitative estimate of drug-likeness (QED) is 0.539. The van der Waals surface area contributed by atoms with Crippen LogP contribution in [0.5, 0.6) is 5.75 Å². The number of hydrogen-bond acceptors (Lipinski definition) is 2. The summed E-state index contributed by atoms with van der Waals surface area (Å²) in [6.07, 6.45) is 0. The highest BCUT2D eigenvalue weighted by atomic mass is 79.9. The number of halogens is 1. The van der Waals surface area contributed by atoms with Crippen LogP contribution in [-0.4, -0.2) is 5.11 Å². The second kappa shape index (κ2) is 2.92. The molecule has 0 amide bonds. The predicted octanol–water partition coefficient (Wildman–Crippen LogP) is 1.87. The van der Waals surface area contributed by atoms with Crippen molar-refractivity contribution in [1.82, 2.24) is 0 Å². The van der Waals surface area contributed by atoms with Crippen molar-refractivity contribution in [2.45, 2.75) is 5.33 Å². The summed E-state index contributed by atoms with van der Waals surface area (Å²) >= 11 is 3.23. The van der Waals surface area contributed by atoms with Gasteiger partial charge in [-0.05, 0) is 6.07 Å². The molecule has 0 atom stereocenters. The van der Waals surface area contributed by atoms with Crippen molar-refractivity contribution in [2.24, 2.45) is 0 Å². The standard InChI is InChI=1S/C7H8BrNO/c8-4-5-1-2-6(9)3-7(5)10/h1-3,10H,4,9H2. The Morgan fingerprint density at radius 3 is 2.70 bits per heavy atom. The molecule has 2 nitrogen and oxygen atoms in total.